The zero-order valence-electron chi connectivity index (χ0n) is 17.6. The van der Waals surface area contributed by atoms with E-state index in [0.29, 0.717) is 12.5 Å². The van der Waals surface area contributed by atoms with Gasteiger partial charge >= 0.3 is 5.97 Å². The van der Waals surface area contributed by atoms with E-state index in [4.69, 9.17) is 9.47 Å². The first kappa shape index (κ1) is 22.3. The summed E-state index contributed by atoms with van der Waals surface area (Å²) in [7, 11) is 0. The van der Waals surface area contributed by atoms with Crippen molar-refractivity contribution in [1.29, 1.82) is 0 Å². The molecule has 1 unspecified atom stereocenters. The van der Waals surface area contributed by atoms with Gasteiger partial charge in [-0.1, -0.05) is 65.3 Å². The average molecular weight is 361 g/mol. The van der Waals surface area contributed by atoms with Crippen molar-refractivity contribution in [2.75, 3.05) is 13.2 Å². The van der Waals surface area contributed by atoms with Gasteiger partial charge in [-0.3, -0.25) is 4.79 Å². The molecule has 0 aliphatic heterocycles. The van der Waals surface area contributed by atoms with Crippen LogP contribution >= 0.6 is 0 Å². The first-order chi connectivity index (χ1) is 12.1. The number of carbonyl (C=O) groups excluding carboxylic acids is 1. The SMILES string of the molecule is CCC(C)=Cc1ccc(OCCOC(=O)C(CC(C)C)C(C)(C)C)cc1. The van der Waals surface area contributed by atoms with E-state index in [0.717, 1.165) is 18.6 Å². The molecule has 3 nitrogen and oxygen atoms in total. The van der Waals surface area contributed by atoms with Gasteiger partial charge in [0.2, 0.25) is 0 Å². The van der Waals surface area contributed by atoms with Gasteiger partial charge in [-0.2, -0.15) is 0 Å². The van der Waals surface area contributed by atoms with E-state index in [9.17, 15) is 4.79 Å². The number of esters is 1. The molecule has 0 aliphatic rings. The summed E-state index contributed by atoms with van der Waals surface area (Å²) in [5.74, 6) is 1.05. The van der Waals surface area contributed by atoms with Crippen molar-refractivity contribution in [1.82, 2.24) is 0 Å². The molecular formula is C23H36O3. The van der Waals surface area contributed by atoms with Crippen molar-refractivity contribution in [3.8, 4) is 5.75 Å². The fourth-order valence-electron chi connectivity index (χ4n) is 2.72. The molecule has 0 aliphatic carbocycles. The Bertz CT molecular complexity index is 576. The maximum Gasteiger partial charge on any atom is 0.309 e. The minimum absolute atomic E-state index is 0.0876. The van der Waals surface area contributed by atoms with E-state index in [1.54, 1.807) is 0 Å². The van der Waals surface area contributed by atoms with Gasteiger partial charge in [-0.15, -0.1) is 0 Å². The Hall–Kier alpha value is -1.77. The fraction of sp³-hybridized carbons (Fsp3) is 0.609. The van der Waals surface area contributed by atoms with Gasteiger partial charge in [0, 0.05) is 0 Å². The molecule has 0 fully saturated rings. The van der Waals surface area contributed by atoms with Crippen LogP contribution in [0.4, 0.5) is 0 Å². The van der Waals surface area contributed by atoms with Crippen LogP contribution in [0.5, 0.6) is 5.75 Å². The van der Waals surface area contributed by atoms with Gasteiger partial charge in [0.15, 0.2) is 0 Å². The summed E-state index contributed by atoms with van der Waals surface area (Å²) in [4.78, 5) is 12.4. The molecular weight excluding hydrogens is 324 g/mol. The van der Waals surface area contributed by atoms with Crippen molar-refractivity contribution in [2.45, 2.75) is 61.3 Å². The van der Waals surface area contributed by atoms with Crippen LogP contribution in [0.25, 0.3) is 6.08 Å². The Morgan fingerprint density at radius 1 is 1.12 bits per heavy atom. The van der Waals surface area contributed by atoms with Crippen LogP contribution in [0.2, 0.25) is 0 Å². The molecule has 3 heteroatoms. The Labute approximate surface area is 159 Å². The Morgan fingerprint density at radius 3 is 2.23 bits per heavy atom. The molecule has 146 valence electrons. The first-order valence-corrected chi connectivity index (χ1v) is 9.70. The first-order valence-electron chi connectivity index (χ1n) is 9.70. The minimum atomic E-state index is -0.120. The Balaban J connectivity index is 2.46. The lowest BCUT2D eigenvalue weighted by molar-refractivity contribution is -0.154. The van der Waals surface area contributed by atoms with Crippen LogP contribution in [-0.2, 0) is 9.53 Å². The predicted octanol–water partition coefficient (Wildman–Crippen LogP) is 6.13. The Morgan fingerprint density at radius 2 is 1.73 bits per heavy atom. The molecule has 1 atom stereocenters. The number of rotatable bonds is 9. The molecule has 1 aromatic rings. The molecule has 1 aromatic carbocycles. The molecule has 0 N–H and O–H groups in total. The second kappa shape index (κ2) is 10.4. The van der Waals surface area contributed by atoms with Crippen molar-refractivity contribution >= 4 is 12.0 Å². The number of carbonyl (C=O) groups is 1. The molecule has 0 saturated carbocycles. The monoisotopic (exact) mass is 360 g/mol. The minimum Gasteiger partial charge on any atom is -0.490 e. The molecule has 0 saturated heterocycles. The van der Waals surface area contributed by atoms with Crippen LogP contribution in [0.3, 0.4) is 0 Å². The number of ether oxygens (including phenoxy) is 2. The van der Waals surface area contributed by atoms with E-state index in [1.165, 1.54) is 11.1 Å². The zero-order chi connectivity index (χ0) is 19.7. The standard InChI is InChI=1S/C23H36O3/c1-8-18(4)16-19-9-11-20(12-10-19)25-13-14-26-22(24)21(15-17(2)3)23(5,6)7/h9-12,16-17,21H,8,13-15H2,1-7H3. The molecule has 0 heterocycles. The number of benzene rings is 1. The van der Waals surface area contributed by atoms with Crippen molar-refractivity contribution in [3.05, 3.63) is 35.4 Å². The fourth-order valence-corrected chi connectivity index (χ4v) is 2.72. The highest BCUT2D eigenvalue weighted by molar-refractivity contribution is 5.73. The molecule has 26 heavy (non-hydrogen) atoms. The molecule has 0 radical (unpaired) electrons. The highest BCUT2D eigenvalue weighted by atomic mass is 16.6. The van der Waals surface area contributed by atoms with Gasteiger partial charge in [0.25, 0.3) is 0 Å². The van der Waals surface area contributed by atoms with Gasteiger partial charge in [-0.25, -0.2) is 0 Å². The lowest BCUT2D eigenvalue weighted by Crippen LogP contribution is -2.32. The Kier molecular flexibility index (Phi) is 8.91. The van der Waals surface area contributed by atoms with Crippen LogP contribution in [0.1, 0.15) is 66.9 Å². The maximum atomic E-state index is 12.4. The second-order valence-corrected chi connectivity index (χ2v) is 8.48. The quantitative estimate of drug-likeness (QED) is 0.392. The van der Waals surface area contributed by atoms with E-state index in [1.807, 2.05) is 24.3 Å². The predicted molar refractivity (Wildman–Crippen MR) is 109 cm³/mol. The largest absolute Gasteiger partial charge is 0.490 e. The van der Waals surface area contributed by atoms with Gasteiger partial charge in [-0.05, 0) is 48.8 Å². The summed E-state index contributed by atoms with van der Waals surface area (Å²) in [5.41, 5.74) is 2.42. The molecule has 1 rings (SSSR count). The van der Waals surface area contributed by atoms with Gasteiger partial charge < -0.3 is 9.47 Å². The van der Waals surface area contributed by atoms with E-state index in [2.05, 4.69) is 54.5 Å². The van der Waals surface area contributed by atoms with Gasteiger partial charge in [0.05, 0.1) is 5.92 Å². The highest BCUT2D eigenvalue weighted by Gasteiger charge is 2.32. The summed E-state index contributed by atoms with van der Waals surface area (Å²) >= 11 is 0. The summed E-state index contributed by atoms with van der Waals surface area (Å²) in [6.45, 7) is 15.5. The summed E-state index contributed by atoms with van der Waals surface area (Å²) in [6.07, 6.45) is 4.07. The second-order valence-electron chi connectivity index (χ2n) is 8.48. The van der Waals surface area contributed by atoms with Gasteiger partial charge in [0.1, 0.15) is 19.0 Å². The average Bonchev–Trinajstić information content (AvgIpc) is 2.56. The third kappa shape index (κ3) is 8.07. The van der Waals surface area contributed by atoms with E-state index >= 15 is 0 Å². The highest BCUT2D eigenvalue weighted by Crippen LogP contribution is 2.32. The van der Waals surface area contributed by atoms with E-state index in [-0.39, 0.29) is 23.9 Å². The molecule has 0 aromatic heterocycles. The number of hydrogen-bond donors (Lipinski definition) is 0. The zero-order valence-corrected chi connectivity index (χ0v) is 17.6. The molecule has 0 spiro atoms. The lowest BCUT2D eigenvalue weighted by Gasteiger charge is -2.30. The van der Waals surface area contributed by atoms with Crippen LogP contribution < -0.4 is 4.74 Å². The van der Waals surface area contributed by atoms with Crippen LogP contribution in [0, 0.1) is 17.3 Å². The van der Waals surface area contributed by atoms with E-state index < -0.39 is 0 Å². The summed E-state index contributed by atoms with van der Waals surface area (Å²) in [5, 5.41) is 0. The van der Waals surface area contributed by atoms with Crippen LogP contribution in [0.15, 0.2) is 29.8 Å². The molecule has 0 amide bonds. The summed E-state index contributed by atoms with van der Waals surface area (Å²) in [6, 6.07) is 7.98. The third-order valence-electron chi connectivity index (χ3n) is 4.48. The van der Waals surface area contributed by atoms with Crippen LogP contribution in [-0.4, -0.2) is 19.2 Å². The maximum absolute atomic E-state index is 12.4. The summed E-state index contributed by atoms with van der Waals surface area (Å²) < 4.78 is 11.2. The molecule has 0 bridgehead atoms. The number of hydrogen-bond acceptors (Lipinski definition) is 3. The normalized spacial score (nSPS) is 13.6. The lowest BCUT2D eigenvalue weighted by atomic mass is 9.76. The number of allylic oxidation sites excluding steroid dienone is 1. The topological polar surface area (TPSA) is 35.5 Å². The third-order valence-corrected chi connectivity index (χ3v) is 4.48. The van der Waals surface area contributed by atoms with Crippen molar-refractivity contribution in [3.63, 3.8) is 0 Å². The van der Waals surface area contributed by atoms with Crippen molar-refractivity contribution < 1.29 is 14.3 Å². The van der Waals surface area contributed by atoms with Crippen molar-refractivity contribution in [2.24, 2.45) is 17.3 Å². The smallest absolute Gasteiger partial charge is 0.309 e.